The van der Waals surface area contributed by atoms with Crippen molar-refractivity contribution in [3.63, 3.8) is 0 Å². The average Bonchev–Trinajstić information content (AvgIpc) is 2.71. The highest BCUT2D eigenvalue weighted by molar-refractivity contribution is 7.56. The normalized spacial score (nSPS) is 11.6. The van der Waals surface area contributed by atoms with E-state index in [-0.39, 0.29) is 23.2 Å². The standard InChI is InChI=1S/C21H28N3O3P3/c1-4-26-19(25)13-23-20(22-3)27-14(2)17-7-5-6-8-18(17)24-16-11-9-15(10-12-16)21(28,29)30/h5-12,24H,2,4,13,28-30H2,1,3H3,(H,22,23). The molecule has 0 bridgehead atoms. The summed E-state index contributed by atoms with van der Waals surface area (Å²) in [6.45, 7) is 6.05. The van der Waals surface area contributed by atoms with Crippen LogP contribution in [0.3, 0.4) is 0 Å². The molecule has 3 unspecified atom stereocenters. The smallest absolute Gasteiger partial charge is 0.325 e. The largest absolute Gasteiger partial charge is 0.465 e. The number of hydrogen-bond donors (Lipinski definition) is 2. The van der Waals surface area contributed by atoms with Crippen LogP contribution < -0.4 is 10.6 Å². The van der Waals surface area contributed by atoms with Crippen LogP contribution in [-0.4, -0.2) is 32.2 Å². The molecule has 160 valence electrons. The Balaban J connectivity index is 2.10. The summed E-state index contributed by atoms with van der Waals surface area (Å²) in [6, 6.07) is 16.0. The second kappa shape index (κ2) is 11.4. The van der Waals surface area contributed by atoms with Crippen LogP contribution in [0, 0.1) is 0 Å². The fourth-order valence-electron chi connectivity index (χ4n) is 2.53. The van der Waals surface area contributed by atoms with Crippen molar-refractivity contribution in [2.75, 3.05) is 25.5 Å². The molecule has 0 aromatic heterocycles. The Bertz CT molecular complexity index is 910. The molecule has 0 amide bonds. The molecule has 2 aromatic rings. The van der Waals surface area contributed by atoms with Gasteiger partial charge in [-0.3, -0.25) is 4.79 Å². The molecule has 0 radical (unpaired) electrons. The molecule has 0 fully saturated rings. The molecule has 30 heavy (non-hydrogen) atoms. The van der Waals surface area contributed by atoms with Crippen molar-refractivity contribution >= 4 is 56.8 Å². The van der Waals surface area contributed by atoms with Crippen molar-refractivity contribution < 1.29 is 14.3 Å². The summed E-state index contributed by atoms with van der Waals surface area (Å²) in [4.78, 5) is 15.6. The number of anilines is 2. The molecular formula is C21H28N3O3P3. The zero-order valence-electron chi connectivity index (χ0n) is 17.1. The first kappa shape index (κ1) is 24.3. The fraction of sp³-hybridized carbons (Fsp3) is 0.238. The van der Waals surface area contributed by atoms with Crippen LogP contribution in [0.1, 0.15) is 18.1 Å². The van der Waals surface area contributed by atoms with E-state index in [1.165, 1.54) is 0 Å². The molecule has 0 spiro atoms. The summed E-state index contributed by atoms with van der Waals surface area (Å²) in [5, 5.41) is 6.20. The van der Waals surface area contributed by atoms with E-state index in [9.17, 15) is 4.79 Å². The number of nitrogens with one attached hydrogen (secondary N) is 2. The van der Waals surface area contributed by atoms with Crippen LogP contribution in [0.2, 0.25) is 0 Å². The zero-order chi connectivity index (χ0) is 22.1. The number of nitrogens with zero attached hydrogens (tertiary/aromatic N) is 1. The van der Waals surface area contributed by atoms with Crippen molar-refractivity contribution in [2.24, 2.45) is 4.99 Å². The number of aliphatic imine (C=N–C) groups is 1. The number of ether oxygens (including phenoxy) is 2. The number of esters is 1. The fourth-order valence-corrected chi connectivity index (χ4v) is 3.10. The lowest BCUT2D eigenvalue weighted by Crippen LogP contribution is -2.32. The van der Waals surface area contributed by atoms with E-state index >= 15 is 0 Å². The number of benzene rings is 2. The number of amidine groups is 1. The molecule has 0 heterocycles. The Morgan fingerprint density at radius 2 is 1.80 bits per heavy atom. The predicted octanol–water partition coefficient (Wildman–Crippen LogP) is 4.29. The summed E-state index contributed by atoms with van der Waals surface area (Å²) >= 11 is 0. The van der Waals surface area contributed by atoms with Gasteiger partial charge in [-0.2, -0.15) is 0 Å². The molecular weight excluding hydrogens is 435 g/mol. The summed E-state index contributed by atoms with van der Waals surface area (Å²) in [6.07, 6.45) is 0. The molecule has 0 aliphatic carbocycles. The molecule has 2 rings (SSSR count). The highest BCUT2D eigenvalue weighted by Gasteiger charge is 2.14. The van der Waals surface area contributed by atoms with Crippen molar-refractivity contribution in [2.45, 2.75) is 11.6 Å². The van der Waals surface area contributed by atoms with Crippen molar-refractivity contribution in [3.8, 4) is 0 Å². The maximum atomic E-state index is 11.5. The molecule has 2 aromatic carbocycles. The topological polar surface area (TPSA) is 72.0 Å². The van der Waals surface area contributed by atoms with Crippen LogP contribution in [0.4, 0.5) is 11.4 Å². The molecule has 0 aliphatic heterocycles. The third-order valence-corrected chi connectivity index (χ3v) is 5.00. The van der Waals surface area contributed by atoms with E-state index in [1.807, 2.05) is 36.4 Å². The van der Waals surface area contributed by atoms with Gasteiger partial charge in [0, 0.05) is 28.6 Å². The predicted molar refractivity (Wildman–Crippen MR) is 135 cm³/mol. The molecule has 0 saturated heterocycles. The summed E-state index contributed by atoms with van der Waals surface area (Å²) in [5.74, 6) is 0.00871. The van der Waals surface area contributed by atoms with Gasteiger partial charge in [0.25, 0.3) is 6.02 Å². The second-order valence-corrected chi connectivity index (χ2v) is 11.3. The van der Waals surface area contributed by atoms with Crippen molar-refractivity contribution in [3.05, 3.63) is 66.2 Å². The van der Waals surface area contributed by atoms with Crippen molar-refractivity contribution in [1.29, 1.82) is 0 Å². The highest BCUT2D eigenvalue weighted by atomic mass is 31.1. The molecule has 6 nitrogen and oxygen atoms in total. The van der Waals surface area contributed by atoms with E-state index in [2.05, 4.69) is 62.1 Å². The molecule has 0 aliphatic rings. The Morgan fingerprint density at radius 3 is 2.40 bits per heavy atom. The number of para-hydroxylation sites is 1. The molecule has 9 heteroatoms. The van der Waals surface area contributed by atoms with Crippen LogP contribution in [-0.2, 0) is 18.9 Å². The zero-order valence-corrected chi connectivity index (χ0v) is 20.6. The number of hydrogen-bond acceptors (Lipinski definition) is 5. The lowest BCUT2D eigenvalue weighted by Gasteiger charge is -2.19. The third-order valence-electron chi connectivity index (χ3n) is 4.00. The van der Waals surface area contributed by atoms with E-state index < -0.39 is 0 Å². The van der Waals surface area contributed by atoms with Gasteiger partial charge in [-0.25, -0.2) is 4.99 Å². The molecule has 3 atom stereocenters. The van der Waals surface area contributed by atoms with Crippen molar-refractivity contribution in [1.82, 2.24) is 5.32 Å². The first-order valence-electron chi connectivity index (χ1n) is 9.31. The van der Waals surface area contributed by atoms with Gasteiger partial charge in [0.2, 0.25) is 0 Å². The van der Waals surface area contributed by atoms with Crippen LogP contribution >= 0.6 is 27.7 Å². The SMILES string of the molecule is C=C(OC(=NC)NCC(=O)OCC)c1ccccc1Nc1ccc(C(P)(P)P)cc1. The Hall–Kier alpha value is -1.99. The van der Waals surface area contributed by atoms with Gasteiger partial charge >= 0.3 is 5.97 Å². The van der Waals surface area contributed by atoms with Gasteiger partial charge in [0.15, 0.2) is 0 Å². The first-order valence-corrected chi connectivity index (χ1v) is 11.0. The van der Waals surface area contributed by atoms with Gasteiger partial charge in [0.05, 0.1) is 6.61 Å². The monoisotopic (exact) mass is 463 g/mol. The number of carbonyl (C=O) groups is 1. The lowest BCUT2D eigenvalue weighted by atomic mass is 10.1. The minimum absolute atomic E-state index is 0.0390. The summed E-state index contributed by atoms with van der Waals surface area (Å²) < 4.78 is 10.5. The summed E-state index contributed by atoms with van der Waals surface area (Å²) in [7, 11) is 9.89. The number of carbonyl (C=O) groups excluding carboxylic acids is 1. The van der Waals surface area contributed by atoms with Gasteiger partial charge in [-0.15, -0.1) is 27.7 Å². The first-order chi connectivity index (χ1) is 14.2. The minimum Gasteiger partial charge on any atom is -0.465 e. The molecule has 2 N–H and O–H groups in total. The summed E-state index contributed by atoms with van der Waals surface area (Å²) in [5.41, 5.74) is 3.71. The Labute approximate surface area is 184 Å². The quantitative estimate of drug-likeness (QED) is 0.201. The van der Waals surface area contributed by atoms with Crippen LogP contribution in [0.25, 0.3) is 5.76 Å². The van der Waals surface area contributed by atoms with E-state index in [4.69, 9.17) is 9.47 Å². The van der Waals surface area contributed by atoms with Gasteiger partial charge < -0.3 is 20.1 Å². The van der Waals surface area contributed by atoms with Gasteiger partial charge in [-0.05, 0) is 36.8 Å². The third kappa shape index (κ3) is 7.36. The van der Waals surface area contributed by atoms with Gasteiger partial charge in [0.1, 0.15) is 12.3 Å². The van der Waals surface area contributed by atoms with Crippen LogP contribution in [0.5, 0.6) is 0 Å². The number of rotatable bonds is 8. The Kier molecular flexibility index (Phi) is 9.24. The lowest BCUT2D eigenvalue weighted by molar-refractivity contribution is -0.141. The van der Waals surface area contributed by atoms with E-state index in [0.717, 1.165) is 22.5 Å². The average molecular weight is 463 g/mol. The maximum Gasteiger partial charge on any atom is 0.325 e. The van der Waals surface area contributed by atoms with E-state index in [1.54, 1.807) is 14.0 Å². The maximum absolute atomic E-state index is 11.5. The Morgan fingerprint density at radius 1 is 1.13 bits per heavy atom. The second-order valence-electron chi connectivity index (χ2n) is 6.39. The van der Waals surface area contributed by atoms with E-state index in [0.29, 0.717) is 12.4 Å². The van der Waals surface area contributed by atoms with Crippen LogP contribution in [0.15, 0.2) is 60.1 Å². The highest BCUT2D eigenvalue weighted by Crippen LogP contribution is 2.45. The minimum atomic E-state index is -0.385. The van der Waals surface area contributed by atoms with Gasteiger partial charge in [-0.1, -0.05) is 30.8 Å². The molecule has 0 saturated carbocycles.